The maximum absolute atomic E-state index is 12.4. The summed E-state index contributed by atoms with van der Waals surface area (Å²) in [5.41, 5.74) is 1.31. The number of halogens is 1. The molecule has 0 saturated carbocycles. The topological polar surface area (TPSA) is 73.3 Å². The van der Waals surface area contributed by atoms with E-state index in [0.717, 1.165) is 11.3 Å². The summed E-state index contributed by atoms with van der Waals surface area (Å²) in [5, 5.41) is 12.4. The lowest BCUT2D eigenvalue weighted by Crippen LogP contribution is -2.11. The van der Waals surface area contributed by atoms with Crippen molar-refractivity contribution in [3.8, 4) is 22.1 Å². The maximum atomic E-state index is 12.4. The number of hydrogen-bond donors (Lipinski definition) is 1. The minimum absolute atomic E-state index is 0.313. The molecule has 0 fully saturated rings. The number of aromatic nitrogens is 2. The smallest absolute Gasteiger partial charge is 0.257 e. The SMILES string of the molecule is CCOc1ccc(C(=O)Nc2nnc(-c3ccc(OC)cc3)s2)cc1Cl. The van der Waals surface area contributed by atoms with Gasteiger partial charge in [0.05, 0.1) is 18.7 Å². The first-order valence-electron chi connectivity index (χ1n) is 7.82. The largest absolute Gasteiger partial charge is 0.497 e. The lowest BCUT2D eigenvalue weighted by atomic mass is 10.2. The quantitative estimate of drug-likeness (QED) is 0.671. The number of anilines is 1. The third-order valence-corrected chi connectivity index (χ3v) is 4.66. The summed E-state index contributed by atoms with van der Waals surface area (Å²) < 4.78 is 10.5. The number of amides is 1. The molecule has 1 amide bonds. The molecule has 2 aromatic carbocycles. The van der Waals surface area contributed by atoms with Crippen LogP contribution in [-0.2, 0) is 0 Å². The van der Waals surface area contributed by atoms with E-state index < -0.39 is 0 Å². The van der Waals surface area contributed by atoms with Crippen molar-refractivity contribution in [2.24, 2.45) is 0 Å². The van der Waals surface area contributed by atoms with Gasteiger partial charge in [0.15, 0.2) is 0 Å². The molecular weight excluding hydrogens is 374 g/mol. The van der Waals surface area contributed by atoms with Crippen molar-refractivity contribution in [2.75, 3.05) is 19.0 Å². The molecule has 0 bridgehead atoms. The Morgan fingerprint density at radius 3 is 2.62 bits per heavy atom. The molecule has 0 saturated heterocycles. The highest BCUT2D eigenvalue weighted by Gasteiger charge is 2.13. The molecule has 3 rings (SSSR count). The molecule has 0 aliphatic rings. The second kappa shape index (κ2) is 8.16. The predicted molar refractivity (Wildman–Crippen MR) is 102 cm³/mol. The van der Waals surface area contributed by atoms with E-state index in [9.17, 15) is 4.79 Å². The van der Waals surface area contributed by atoms with Crippen LogP contribution in [0.1, 0.15) is 17.3 Å². The van der Waals surface area contributed by atoms with Gasteiger partial charge in [-0.1, -0.05) is 22.9 Å². The van der Waals surface area contributed by atoms with Crippen LogP contribution in [-0.4, -0.2) is 29.8 Å². The first kappa shape index (κ1) is 18.2. The molecule has 1 N–H and O–H groups in total. The van der Waals surface area contributed by atoms with E-state index in [1.54, 1.807) is 25.3 Å². The predicted octanol–water partition coefficient (Wildman–Crippen LogP) is 4.52. The van der Waals surface area contributed by atoms with Gasteiger partial charge in [0.25, 0.3) is 5.91 Å². The van der Waals surface area contributed by atoms with Crippen LogP contribution in [0.25, 0.3) is 10.6 Å². The van der Waals surface area contributed by atoms with Gasteiger partial charge >= 0.3 is 0 Å². The van der Waals surface area contributed by atoms with Crippen LogP contribution >= 0.6 is 22.9 Å². The molecule has 6 nitrogen and oxygen atoms in total. The van der Waals surface area contributed by atoms with Crippen LogP contribution in [0.4, 0.5) is 5.13 Å². The van der Waals surface area contributed by atoms with Crippen LogP contribution < -0.4 is 14.8 Å². The summed E-state index contributed by atoms with van der Waals surface area (Å²) in [6.45, 7) is 2.37. The molecule has 0 spiro atoms. The zero-order chi connectivity index (χ0) is 18.5. The molecule has 0 aliphatic heterocycles. The van der Waals surface area contributed by atoms with Gasteiger partial charge in [-0.15, -0.1) is 10.2 Å². The van der Waals surface area contributed by atoms with Gasteiger partial charge < -0.3 is 9.47 Å². The standard InChI is InChI=1S/C18H16ClN3O3S/c1-3-25-15-9-6-12(10-14(15)19)16(23)20-18-22-21-17(26-18)11-4-7-13(24-2)8-5-11/h4-10H,3H2,1-2H3,(H,20,22,23). The van der Waals surface area contributed by atoms with E-state index in [1.165, 1.54) is 11.3 Å². The number of ether oxygens (including phenoxy) is 2. The fourth-order valence-electron chi connectivity index (χ4n) is 2.21. The number of methoxy groups -OCH3 is 1. The van der Waals surface area contributed by atoms with E-state index in [0.29, 0.717) is 33.1 Å². The van der Waals surface area contributed by atoms with Crippen molar-refractivity contribution < 1.29 is 14.3 Å². The van der Waals surface area contributed by atoms with E-state index >= 15 is 0 Å². The average Bonchev–Trinajstić information content (AvgIpc) is 3.12. The van der Waals surface area contributed by atoms with Gasteiger partial charge in [-0.05, 0) is 49.4 Å². The van der Waals surface area contributed by atoms with Crippen LogP contribution in [0.2, 0.25) is 5.02 Å². The Morgan fingerprint density at radius 2 is 1.96 bits per heavy atom. The zero-order valence-electron chi connectivity index (χ0n) is 14.2. The van der Waals surface area contributed by atoms with Gasteiger partial charge in [0.2, 0.25) is 5.13 Å². The molecule has 1 aromatic heterocycles. The Hall–Kier alpha value is -2.64. The summed E-state index contributed by atoms with van der Waals surface area (Å²) in [7, 11) is 1.61. The number of carbonyl (C=O) groups is 1. The lowest BCUT2D eigenvalue weighted by molar-refractivity contribution is 0.102. The molecule has 0 radical (unpaired) electrons. The highest BCUT2D eigenvalue weighted by Crippen LogP contribution is 2.29. The summed E-state index contributed by atoms with van der Waals surface area (Å²) in [6, 6.07) is 12.3. The third-order valence-electron chi connectivity index (χ3n) is 3.48. The van der Waals surface area contributed by atoms with E-state index in [2.05, 4.69) is 15.5 Å². The number of carbonyl (C=O) groups excluding carboxylic acids is 1. The first-order valence-corrected chi connectivity index (χ1v) is 9.01. The molecule has 8 heteroatoms. The van der Waals surface area contributed by atoms with Crippen molar-refractivity contribution in [1.29, 1.82) is 0 Å². The van der Waals surface area contributed by atoms with Crippen molar-refractivity contribution in [3.05, 3.63) is 53.1 Å². The normalized spacial score (nSPS) is 10.4. The van der Waals surface area contributed by atoms with Gasteiger partial charge in [-0.2, -0.15) is 0 Å². The first-order chi connectivity index (χ1) is 12.6. The summed E-state index contributed by atoms with van der Waals surface area (Å²) >= 11 is 7.41. The molecule has 3 aromatic rings. The molecule has 0 atom stereocenters. The number of rotatable bonds is 6. The minimum Gasteiger partial charge on any atom is -0.497 e. The van der Waals surface area contributed by atoms with E-state index in [4.69, 9.17) is 21.1 Å². The molecule has 0 unspecified atom stereocenters. The molecule has 0 aliphatic carbocycles. The second-order valence-electron chi connectivity index (χ2n) is 5.17. The van der Waals surface area contributed by atoms with Crippen molar-refractivity contribution in [3.63, 3.8) is 0 Å². The molecule has 1 heterocycles. The summed E-state index contributed by atoms with van der Waals surface area (Å²) in [5.74, 6) is 0.995. The lowest BCUT2D eigenvalue weighted by Gasteiger charge is -2.07. The molecule has 134 valence electrons. The third kappa shape index (κ3) is 4.12. The number of nitrogens with one attached hydrogen (secondary N) is 1. The maximum Gasteiger partial charge on any atom is 0.257 e. The average molecular weight is 390 g/mol. The van der Waals surface area contributed by atoms with E-state index in [-0.39, 0.29) is 5.91 Å². The fraction of sp³-hybridized carbons (Fsp3) is 0.167. The van der Waals surface area contributed by atoms with E-state index in [1.807, 2.05) is 31.2 Å². The number of benzene rings is 2. The Morgan fingerprint density at radius 1 is 1.19 bits per heavy atom. The van der Waals surface area contributed by atoms with Crippen molar-refractivity contribution >= 4 is 34.0 Å². The molecule has 26 heavy (non-hydrogen) atoms. The van der Waals surface area contributed by atoms with Crippen molar-refractivity contribution in [1.82, 2.24) is 10.2 Å². The van der Waals surface area contributed by atoms with Gasteiger partial charge in [-0.3, -0.25) is 10.1 Å². The fourth-order valence-corrected chi connectivity index (χ4v) is 3.19. The monoisotopic (exact) mass is 389 g/mol. The second-order valence-corrected chi connectivity index (χ2v) is 6.56. The Labute approximate surface area is 159 Å². The van der Waals surface area contributed by atoms with Crippen LogP contribution in [0.15, 0.2) is 42.5 Å². The van der Waals surface area contributed by atoms with Gasteiger partial charge in [0, 0.05) is 11.1 Å². The van der Waals surface area contributed by atoms with Gasteiger partial charge in [-0.25, -0.2) is 0 Å². The van der Waals surface area contributed by atoms with Crippen LogP contribution in [0.3, 0.4) is 0 Å². The highest BCUT2D eigenvalue weighted by molar-refractivity contribution is 7.18. The number of hydrogen-bond acceptors (Lipinski definition) is 6. The van der Waals surface area contributed by atoms with Crippen LogP contribution in [0.5, 0.6) is 11.5 Å². The Kier molecular flexibility index (Phi) is 5.70. The van der Waals surface area contributed by atoms with Crippen molar-refractivity contribution in [2.45, 2.75) is 6.92 Å². The molecular formula is C18H16ClN3O3S. The van der Waals surface area contributed by atoms with Gasteiger partial charge in [0.1, 0.15) is 16.5 Å². The number of nitrogens with zero attached hydrogens (tertiary/aromatic N) is 2. The minimum atomic E-state index is -0.313. The Balaban J connectivity index is 1.72. The summed E-state index contributed by atoms with van der Waals surface area (Å²) in [4.78, 5) is 12.4. The Bertz CT molecular complexity index is 912. The van der Waals surface area contributed by atoms with Crippen LogP contribution in [0, 0.1) is 0 Å². The highest BCUT2D eigenvalue weighted by atomic mass is 35.5. The summed E-state index contributed by atoms with van der Waals surface area (Å²) in [6.07, 6.45) is 0. The zero-order valence-corrected chi connectivity index (χ0v) is 15.7.